The highest BCUT2D eigenvalue weighted by atomic mass is 35.5. The van der Waals surface area contributed by atoms with Gasteiger partial charge < -0.3 is 10.2 Å². The van der Waals surface area contributed by atoms with Crippen molar-refractivity contribution in [3.05, 3.63) is 18.0 Å². The van der Waals surface area contributed by atoms with Gasteiger partial charge >= 0.3 is 0 Å². The molecule has 0 aromatic carbocycles. The number of likely N-dealkylation sites (N-methyl/N-ethyl adjacent to an activating group) is 1. The van der Waals surface area contributed by atoms with E-state index in [-0.39, 0.29) is 24.4 Å². The molecule has 1 saturated heterocycles. The molecule has 0 aliphatic carbocycles. The Morgan fingerprint density at radius 1 is 1.45 bits per heavy atom. The number of nitrogens with zero attached hydrogens (tertiary/aromatic N) is 3. The maximum atomic E-state index is 12.6. The van der Waals surface area contributed by atoms with Crippen LogP contribution >= 0.6 is 12.4 Å². The van der Waals surface area contributed by atoms with E-state index in [0.717, 1.165) is 37.4 Å². The average Bonchev–Trinajstić information content (AvgIpc) is 2.68. The summed E-state index contributed by atoms with van der Waals surface area (Å²) >= 11 is 0. The van der Waals surface area contributed by atoms with Crippen molar-refractivity contribution >= 4 is 18.3 Å². The molecule has 2 atom stereocenters. The number of hydrogen-bond donors (Lipinski definition) is 1. The monoisotopic (exact) mass is 300 g/mol. The number of halogens is 1. The molecule has 6 heteroatoms. The van der Waals surface area contributed by atoms with Crippen LogP contribution in [0.15, 0.2) is 12.4 Å². The lowest BCUT2D eigenvalue weighted by atomic mass is 10.0. The van der Waals surface area contributed by atoms with Gasteiger partial charge in [0.05, 0.1) is 6.20 Å². The van der Waals surface area contributed by atoms with E-state index in [2.05, 4.69) is 17.3 Å². The van der Waals surface area contributed by atoms with Gasteiger partial charge in [0.25, 0.3) is 0 Å². The summed E-state index contributed by atoms with van der Waals surface area (Å²) in [6.07, 6.45) is 7.10. The summed E-state index contributed by atoms with van der Waals surface area (Å²) in [6.45, 7) is 4.02. The molecule has 20 heavy (non-hydrogen) atoms. The van der Waals surface area contributed by atoms with Crippen molar-refractivity contribution < 1.29 is 4.79 Å². The molecule has 1 N–H and O–H groups in total. The molecule has 0 spiro atoms. The number of carbonyl (C=O) groups is 1. The molecule has 0 radical (unpaired) electrons. The van der Waals surface area contributed by atoms with Crippen LogP contribution in [0, 0.1) is 5.92 Å². The number of aryl methyl sites for hydroxylation is 1. The Hall–Kier alpha value is -1.07. The van der Waals surface area contributed by atoms with Gasteiger partial charge in [0.15, 0.2) is 0 Å². The molecule has 1 fully saturated rings. The zero-order valence-corrected chi connectivity index (χ0v) is 13.3. The molecule has 114 valence electrons. The summed E-state index contributed by atoms with van der Waals surface area (Å²) in [6, 6.07) is -0.276. The van der Waals surface area contributed by atoms with E-state index in [1.54, 1.807) is 10.9 Å². The summed E-state index contributed by atoms with van der Waals surface area (Å²) in [4.78, 5) is 14.6. The van der Waals surface area contributed by atoms with Crippen LogP contribution in [0.1, 0.15) is 37.8 Å². The fourth-order valence-electron chi connectivity index (χ4n) is 2.69. The molecule has 1 amide bonds. The molecule has 1 aromatic rings. The van der Waals surface area contributed by atoms with Crippen LogP contribution in [0.4, 0.5) is 0 Å². The maximum absolute atomic E-state index is 12.6. The number of carbonyl (C=O) groups excluding carboxylic acids is 1. The molecule has 5 nitrogen and oxygen atoms in total. The Kier molecular flexibility index (Phi) is 6.49. The van der Waals surface area contributed by atoms with E-state index < -0.39 is 0 Å². The van der Waals surface area contributed by atoms with Crippen molar-refractivity contribution in [1.29, 1.82) is 0 Å². The lowest BCUT2D eigenvalue weighted by Crippen LogP contribution is -2.40. The third-order valence-electron chi connectivity index (χ3n) is 3.92. The van der Waals surface area contributed by atoms with Crippen molar-refractivity contribution in [2.24, 2.45) is 13.0 Å². The zero-order valence-electron chi connectivity index (χ0n) is 12.5. The fraction of sp³-hybridized carbons (Fsp3) is 0.714. The Balaban J connectivity index is 0.00000200. The quantitative estimate of drug-likeness (QED) is 0.925. The summed E-state index contributed by atoms with van der Waals surface area (Å²) in [5.74, 6) is 0.897. The number of rotatable bonds is 3. The molecule has 2 unspecified atom stereocenters. The second kappa shape index (κ2) is 7.64. The molecule has 0 saturated carbocycles. The lowest BCUT2D eigenvalue weighted by Gasteiger charge is -2.25. The summed E-state index contributed by atoms with van der Waals surface area (Å²) in [5, 5.41) is 7.27. The van der Waals surface area contributed by atoms with E-state index >= 15 is 0 Å². The van der Waals surface area contributed by atoms with Gasteiger partial charge in [-0.1, -0.05) is 6.92 Å². The second-order valence-electron chi connectivity index (χ2n) is 5.53. The smallest absolute Gasteiger partial charge is 0.244 e. The highest BCUT2D eigenvalue weighted by Gasteiger charge is 2.26. The maximum Gasteiger partial charge on any atom is 0.244 e. The van der Waals surface area contributed by atoms with Crippen molar-refractivity contribution in [3.63, 3.8) is 0 Å². The highest BCUT2D eigenvalue weighted by molar-refractivity contribution is 5.85. The highest BCUT2D eigenvalue weighted by Crippen LogP contribution is 2.20. The number of amides is 1. The third-order valence-corrected chi connectivity index (χ3v) is 3.92. The summed E-state index contributed by atoms with van der Waals surface area (Å²) < 4.78 is 1.73. The number of likely N-dealkylation sites (tertiary alicyclic amines) is 1. The Morgan fingerprint density at radius 2 is 2.20 bits per heavy atom. The van der Waals surface area contributed by atoms with Crippen molar-refractivity contribution in [2.75, 3.05) is 20.1 Å². The van der Waals surface area contributed by atoms with Crippen LogP contribution in [-0.2, 0) is 11.8 Å². The minimum Gasteiger partial charge on any atom is -0.341 e. The lowest BCUT2D eigenvalue weighted by molar-refractivity contribution is -0.133. The van der Waals surface area contributed by atoms with E-state index in [0.29, 0.717) is 0 Å². The molecular weight excluding hydrogens is 276 g/mol. The van der Waals surface area contributed by atoms with Gasteiger partial charge in [-0.25, -0.2) is 0 Å². The first kappa shape index (κ1) is 17.0. The molecule has 1 aliphatic rings. The van der Waals surface area contributed by atoms with Gasteiger partial charge in [0.1, 0.15) is 6.04 Å². The van der Waals surface area contributed by atoms with Crippen molar-refractivity contribution in [3.8, 4) is 0 Å². The predicted octanol–water partition coefficient (Wildman–Crippen LogP) is 1.75. The minimum atomic E-state index is -0.276. The van der Waals surface area contributed by atoms with E-state index in [4.69, 9.17) is 0 Å². The van der Waals surface area contributed by atoms with Gasteiger partial charge in [-0.3, -0.25) is 9.48 Å². The van der Waals surface area contributed by atoms with Gasteiger partial charge in [-0.05, 0) is 32.2 Å². The van der Waals surface area contributed by atoms with Crippen LogP contribution < -0.4 is 5.32 Å². The van der Waals surface area contributed by atoms with E-state index in [9.17, 15) is 4.79 Å². The van der Waals surface area contributed by atoms with Gasteiger partial charge in [-0.15, -0.1) is 12.4 Å². The van der Waals surface area contributed by atoms with Crippen LogP contribution in [0.3, 0.4) is 0 Å². The van der Waals surface area contributed by atoms with Crippen LogP contribution in [0.5, 0.6) is 0 Å². The zero-order chi connectivity index (χ0) is 13.8. The average molecular weight is 301 g/mol. The number of aromatic nitrogens is 2. The number of nitrogens with one attached hydrogen (secondary N) is 1. The number of hydrogen-bond acceptors (Lipinski definition) is 3. The molecule has 0 bridgehead atoms. The van der Waals surface area contributed by atoms with Crippen LogP contribution in [0.25, 0.3) is 0 Å². The molecular formula is C14H25ClN4O. The normalized spacial score (nSPS) is 20.9. The van der Waals surface area contributed by atoms with Gasteiger partial charge in [-0.2, -0.15) is 5.10 Å². The molecule has 2 rings (SSSR count). The summed E-state index contributed by atoms with van der Waals surface area (Å²) in [7, 11) is 3.70. The first-order valence-corrected chi connectivity index (χ1v) is 7.06. The fourth-order valence-corrected chi connectivity index (χ4v) is 2.69. The predicted molar refractivity (Wildman–Crippen MR) is 81.9 cm³/mol. The summed E-state index contributed by atoms with van der Waals surface area (Å²) in [5.41, 5.74) is 0.937. The van der Waals surface area contributed by atoms with Crippen molar-refractivity contribution in [1.82, 2.24) is 20.0 Å². The first-order chi connectivity index (χ1) is 9.11. The standard InChI is InChI=1S/C14H24N4O.ClH/c1-11-5-4-7-18(8-6-11)14(19)13(15-2)12-9-16-17(3)10-12;/h9-11,13,15H,4-8H2,1-3H3;1H. The van der Waals surface area contributed by atoms with E-state index in [1.165, 1.54) is 6.42 Å². The Labute approximate surface area is 127 Å². The van der Waals surface area contributed by atoms with E-state index in [1.807, 2.05) is 25.2 Å². The second-order valence-corrected chi connectivity index (χ2v) is 5.53. The van der Waals surface area contributed by atoms with Crippen LogP contribution in [-0.4, -0.2) is 40.7 Å². The van der Waals surface area contributed by atoms with Crippen LogP contribution in [0.2, 0.25) is 0 Å². The SMILES string of the molecule is CNC(C(=O)N1CCCC(C)CC1)c1cnn(C)c1.Cl. The molecule has 2 heterocycles. The largest absolute Gasteiger partial charge is 0.341 e. The van der Waals surface area contributed by atoms with Crippen molar-refractivity contribution in [2.45, 2.75) is 32.2 Å². The third kappa shape index (κ3) is 3.96. The topological polar surface area (TPSA) is 50.2 Å². The Bertz CT molecular complexity index is 435. The molecule has 1 aromatic heterocycles. The van der Waals surface area contributed by atoms with Gasteiger partial charge in [0.2, 0.25) is 5.91 Å². The Morgan fingerprint density at radius 3 is 2.80 bits per heavy atom. The minimum absolute atomic E-state index is 0. The molecule has 1 aliphatic heterocycles. The van der Waals surface area contributed by atoms with Gasteiger partial charge in [0, 0.05) is 31.9 Å². The first-order valence-electron chi connectivity index (χ1n) is 7.06.